The minimum Gasteiger partial charge on any atom is -0.335 e. The van der Waals surface area contributed by atoms with Gasteiger partial charge in [-0.15, -0.1) is 0 Å². The first-order chi connectivity index (χ1) is 12.5. The normalized spacial score (nSPS) is 27.6. The van der Waals surface area contributed by atoms with E-state index in [2.05, 4.69) is 17.8 Å². The average Bonchev–Trinajstić information content (AvgIpc) is 2.63. The van der Waals surface area contributed by atoms with E-state index < -0.39 is 23.8 Å². The molecule has 8 nitrogen and oxygen atoms in total. The number of barbiturate groups is 1. The molecule has 26 heavy (non-hydrogen) atoms. The van der Waals surface area contributed by atoms with Crippen molar-refractivity contribution in [2.45, 2.75) is 45.1 Å². The molecule has 8 heteroatoms. The van der Waals surface area contributed by atoms with Gasteiger partial charge in [-0.05, 0) is 19.8 Å². The van der Waals surface area contributed by atoms with Crippen LogP contribution in [0.15, 0.2) is 11.8 Å². The van der Waals surface area contributed by atoms with Crippen LogP contribution in [0.3, 0.4) is 0 Å². The van der Waals surface area contributed by atoms with Crippen LogP contribution in [0.4, 0.5) is 4.79 Å². The van der Waals surface area contributed by atoms with Crippen LogP contribution in [0, 0.1) is 5.92 Å². The molecule has 3 aliphatic rings. The van der Waals surface area contributed by atoms with E-state index in [0.29, 0.717) is 5.70 Å². The Kier molecular flexibility index (Phi) is 5.93. The van der Waals surface area contributed by atoms with Gasteiger partial charge in [-0.25, -0.2) is 9.80 Å². The molecular weight excluding hydrogens is 334 g/mol. The van der Waals surface area contributed by atoms with Gasteiger partial charge >= 0.3 is 6.03 Å². The maximum absolute atomic E-state index is 13.1. The topological polar surface area (TPSA) is 86.2 Å². The summed E-state index contributed by atoms with van der Waals surface area (Å²) in [5.74, 6) is -1.91. The molecule has 0 radical (unpaired) electrons. The Labute approximate surface area is 154 Å². The molecule has 144 valence electrons. The van der Waals surface area contributed by atoms with E-state index in [1.807, 2.05) is 11.9 Å². The number of quaternary nitrogens is 1. The fraction of sp³-hybridized carbons (Fsp3) is 0.722. The van der Waals surface area contributed by atoms with Crippen molar-refractivity contribution in [2.75, 3.05) is 33.2 Å². The van der Waals surface area contributed by atoms with Crippen LogP contribution >= 0.6 is 0 Å². The Hall–Kier alpha value is -1.93. The van der Waals surface area contributed by atoms with Crippen molar-refractivity contribution in [1.29, 1.82) is 0 Å². The predicted molar refractivity (Wildman–Crippen MR) is 95.8 cm³/mol. The molecule has 2 aliphatic heterocycles. The standard InChI is InChI=1S/C18H29N5O3/c1-3-14(20-22-11-9-21(2)10-12-22)15-16(24)19-18(26)23(17(15)25)13-7-5-4-6-8-13/h3,13,15,20H,4-12H2,1-2H3,(H,19,24,26)/p+1/b14-3+/t15-/m1/s1. The number of likely N-dealkylation sites (N-methyl/N-ethyl adjacent to an activating group) is 1. The lowest BCUT2D eigenvalue weighted by Crippen LogP contribution is -3.12. The number of nitrogens with zero attached hydrogens (tertiary/aromatic N) is 2. The Morgan fingerprint density at radius 1 is 1.15 bits per heavy atom. The molecule has 0 aromatic rings. The lowest BCUT2D eigenvalue weighted by molar-refractivity contribution is -0.884. The second kappa shape index (κ2) is 8.18. The van der Waals surface area contributed by atoms with Gasteiger partial charge < -0.3 is 10.3 Å². The van der Waals surface area contributed by atoms with Gasteiger partial charge in [0.25, 0.3) is 0 Å². The number of amides is 4. The zero-order chi connectivity index (χ0) is 18.7. The second-order valence-electron chi connectivity index (χ2n) is 7.53. The Morgan fingerprint density at radius 2 is 1.81 bits per heavy atom. The van der Waals surface area contributed by atoms with Crippen LogP contribution in [0.2, 0.25) is 0 Å². The lowest BCUT2D eigenvalue weighted by atomic mass is 9.91. The number of carbonyl (C=O) groups is 3. The summed E-state index contributed by atoms with van der Waals surface area (Å²) in [4.78, 5) is 40.6. The maximum Gasteiger partial charge on any atom is 0.331 e. The number of nitrogens with one attached hydrogen (secondary N) is 3. The third-order valence-electron chi connectivity index (χ3n) is 5.66. The van der Waals surface area contributed by atoms with Gasteiger partial charge in [0.15, 0.2) is 5.92 Å². The molecule has 3 fully saturated rings. The molecule has 0 bridgehead atoms. The largest absolute Gasteiger partial charge is 0.335 e. The smallest absolute Gasteiger partial charge is 0.331 e. The quantitative estimate of drug-likeness (QED) is 0.572. The first kappa shape index (κ1) is 18.8. The van der Waals surface area contributed by atoms with Crippen LogP contribution < -0.4 is 15.6 Å². The summed E-state index contributed by atoms with van der Waals surface area (Å²) >= 11 is 0. The second-order valence-corrected chi connectivity index (χ2v) is 7.53. The number of piperazine rings is 1. The average molecular weight is 364 g/mol. The van der Waals surface area contributed by atoms with Crippen LogP contribution in [0.1, 0.15) is 39.0 Å². The molecule has 0 unspecified atom stereocenters. The van der Waals surface area contributed by atoms with Crippen molar-refractivity contribution >= 4 is 17.8 Å². The van der Waals surface area contributed by atoms with Crippen molar-refractivity contribution in [3.8, 4) is 0 Å². The monoisotopic (exact) mass is 364 g/mol. The van der Waals surface area contributed by atoms with Crippen molar-refractivity contribution in [2.24, 2.45) is 5.92 Å². The highest BCUT2D eigenvalue weighted by Crippen LogP contribution is 2.27. The van der Waals surface area contributed by atoms with Gasteiger partial charge in [0.2, 0.25) is 11.8 Å². The maximum atomic E-state index is 13.1. The van der Waals surface area contributed by atoms with E-state index in [-0.39, 0.29) is 6.04 Å². The first-order valence-electron chi connectivity index (χ1n) is 9.68. The molecule has 2 saturated heterocycles. The van der Waals surface area contributed by atoms with Crippen LogP contribution in [-0.2, 0) is 9.59 Å². The highest BCUT2D eigenvalue weighted by molar-refractivity contribution is 6.17. The zero-order valence-electron chi connectivity index (χ0n) is 15.7. The third-order valence-corrected chi connectivity index (χ3v) is 5.66. The number of hydrazine groups is 1. The lowest BCUT2D eigenvalue weighted by Gasteiger charge is -2.39. The highest BCUT2D eigenvalue weighted by atomic mass is 16.2. The van der Waals surface area contributed by atoms with Gasteiger partial charge in [-0.1, -0.05) is 25.3 Å². The van der Waals surface area contributed by atoms with Crippen LogP contribution in [0.5, 0.6) is 0 Å². The minimum atomic E-state index is -0.980. The van der Waals surface area contributed by atoms with E-state index in [0.717, 1.165) is 58.3 Å². The minimum absolute atomic E-state index is 0.0998. The number of allylic oxidation sites excluding steroid dienone is 1. The van der Waals surface area contributed by atoms with E-state index in [4.69, 9.17) is 0 Å². The summed E-state index contributed by atoms with van der Waals surface area (Å²) in [5.41, 5.74) is 3.81. The molecule has 3 N–H and O–H groups in total. The molecule has 1 aliphatic carbocycles. The molecular formula is C18H30N5O3+. The van der Waals surface area contributed by atoms with E-state index in [1.54, 1.807) is 6.08 Å². The summed E-state index contributed by atoms with van der Waals surface area (Å²) in [5, 5.41) is 4.44. The molecule has 1 atom stereocenters. The summed E-state index contributed by atoms with van der Waals surface area (Å²) in [6.45, 7) is 5.50. The molecule has 2 heterocycles. The number of hydrogen-bond donors (Lipinski definition) is 3. The fourth-order valence-electron chi connectivity index (χ4n) is 4.03. The number of urea groups is 1. The van der Waals surface area contributed by atoms with E-state index >= 15 is 0 Å². The Balaban J connectivity index is 1.74. The molecule has 3 rings (SSSR count). The van der Waals surface area contributed by atoms with Crippen LogP contribution in [0.25, 0.3) is 0 Å². The van der Waals surface area contributed by atoms with E-state index in [1.165, 1.54) is 9.80 Å². The third kappa shape index (κ3) is 3.91. The Morgan fingerprint density at radius 3 is 2.42 bits per heavy atom. The summed E-state index contributed by atoms with van der Waals surface area (Å²) < 4.78 is 0. The van der Waals surface area contributed by atoms with Gasteiger partial charge in [-0.2, -0.15) is 0 Å². The first-order valence-corrected chi connectivity index (χ1v) is 9.68. The molecule has 1 saturated carbocycles. The molecule has 0 spiro atoms. The summed E-state index contributed by atoms with van der Waals surface area (Å²) in [6.07, 6.45) is 6.56. The van der Waals surface area contributed by atoms with Gasteiger partial charge in [0, 0.05) is 11.7 Å². The molecule has 4 amide bonds. The molecule has 0 aromatic carbocycles. The SMILES string of the molecule is C/C=C(/NN1CC[NH+](C)CC1)[C@@H]1C(=O)NC(=O)N(C2CCCCC2)C1=O. The number of imide groups is 2. The van der Waals surface area contributed by atoms with Crippen molar-refractivity contribution in [1.82, 2.24) is 20.7 Å². The zero-order valence-corrected chi connectivity index (χ0v) is 15.7. The van der Waals surface area contributed by atoms with Crippen LogP contribution in [-0.4, -0.2) is 67.0 Å². The predicted octanol–water partition coefficient (Wildman–Crippen LogP) is -0.748. The highest BCUT2D eigenvalue weighted by Gasteiger charge is 2.45. The van der Waals surface area contributed by atoms with E-state index in [9.17, 15) is 14.4 Å². The van der Waals surface area contributed by atoms with Gasteiger partial charge in [0.05, 0.1) is 33.2 Å². The summed E-state index contributed by atoms with van der Waals surface area (Å²) in [6, 6.07) is -0.668. The van der Waals surface area contributed by atoms with Gasteiger partial charge in [-0.3, -0.25) is 19.8 Å². The fourth-order valence-corrected chi connectivity index (χ4v) is 4.03. The van der Waals surface area contributed by atoms with Crippen molar-refractivity contribution in [3.63, 3.8) is 0 Å². The van der Waals surface area contributed by atoms with Crippen molar-refractivity contribution in [3.05, 3.63) is 11.8 Å². The number of rotatable bonds is 4. The summed E-state index contributed by atoms with van der Waals surface area (Å²) in [7, 11) is 2.15. The number of hydrogen-bond acceptors (Lipinski definition) is 5. The van der Waals surface area contributed by atoms with Gasteiger partial charge in [0.1, 0.15) is 0 Å². The van der Waals surface area contributed by atoms with Crippen molar-refractivity contribution < 1.29 is 19.3 Å². The Bertz CT molecular complexity index is 592. The molecule has 0 aromatic heterocycles. The number of carbonyl (C=O) groups excluding carboxylic acids is 3.